The van der Waals surface area contributed by atoms with E-state index >= 15 is 0 Å². The highest BCUT2D eigenvalue weighted by Crippen LogP contribution is 2.29. The summed E-state index contributed by atoms with van der Waals surface area (Å²) in [5, 5.41) is 7.92. The molecule has 1 saturated carbocycles. The van der Waals surface area contributed by atoms with Crippen molar-refractivity contribution in [2.45, 2.75) is 51.1 Å². The number of hydrogen-bond donors (Lipinski definition) is 3. The van der Waals surface area contributed by atoms with Crippen LogP contribution < -0.4 is 10.6 Å². The van der Waals surface area contributed by atoms with Gasteiger partial charge >= 0.3 is 0 Å². The first-order valence-electron chi connectivity index (χ1n) is 10.3. The van der Waals surface area contributed by atoms with Gasteiger partial charge < -0.3 is 20.5 Å². The Morgan fingerprint density at radius 1 is 1.25 bits per heavy atom. The molecule has 0 amide bonds. The number of aromatic amines is 1. The number of rotatable bonds is 6. The van der Waals surface area contributed by atoms with Crippen LogP contribution in [0.4, 0.5) is 4.39 Å². The predicted octanol–water partition coefficient (Wildman–Crippen LogP) is 3.65. The van der Waals surface area contributed by atoms with Crippen LogP contribution in [-0.2, 0) is 6.42 Å². The Labute approximate surface area is 183 Å². The van der Waals surface area contributed by atoms with E-state index < -0.39 is 0 Å². The van der Waals surface area contributed by atoms with Crippen LogP contribution in [0.3, 0.4) is 0 Å². The van der Waals surface area contributed by atoms with Crippen LogP contribution in [0.15, 0.2) is 29.4 Å². The summed E-state index contributed by atoms with van der Waals surface area (Å²) in [5.41, 5.74) is 2.09. The van der Waals surface area contributed by atoms with Gasteiger partial charge in [-0.05, 0) is 62.8 Å². The van der Waals surface area contributed by atoms with Crippen LogP contribution in [0, 0.1) is 5.82 Å². The lowest BCUT2D eigenvalue weighted by atomic mass is 10.1. The molecule has 2 fully saturated rings. The fraction of sp³-hybridized carbons (Fsp3) is 0.571. The minimum Gasteiger partial charge on any atom is -0.361 e. The normalized spacial score (nSPS) is 18.9. The van der Waals surface area contributed by atoms with E-state index in [1.54, 1.807) is 12.1 Å². The number of aliphatic imine (C=N–C) groups is 1. The van der Waals surface area contributed by atoms with Crippen LogP contribution in [0.5, 0.6) is 0 Å². The highest BCUT2D eigenvalue weighted by molar-refractivity contribution is 14.0. The monoisotopic (exact) mass is 499 g/mol. The van der Waals surface area contributed by atoms with Crippen molar-refractivity contribution in [1.29, 1.82) is 0 Å². The lowest BCUT2D eigenvalue weighted by Crippen LogP contribution is -2.49. The Balaban J connectivity index is 0.00000225. The second-order valence-electron chi connectivity index (χ2n) is 7.70. The van der Waals surface area contributed by atoms with E-state index in [-0.39, 0.29) is 29.8 Å². The third kappa shape index (κ3) is 5.37. The summed E-state index contributed by atoms with van der Waals surface area (Å²) >= 11 is 0. The maximum absolute atomic E-state index is 13.5. The molecule has 3 N–H and O–H groups in total. The molecule has 2 aromatic rings. The maximum atomic E-state index is 13.5. The van der Waals surface area contributed by atoms with Crippen molar-refractivity contribution >= 4 is 40.8 Å². The van der Waals surface area contributed by atoms with Gasteiger partial charge in [0.25, 0.3) is 0 Å². The van der Waals surface area contributed by atoms with Gasteiger partial charge in [-0.1, -0.05) is 0 Å². The van der Waals surface area contributed by atoms with Gasteiger partial charge in [0.1, 0.15) is 5.82 Å². The van der Waals surface area contributed by atoms with E-state index in [9.17, 15) is 4.39 Å². The fourth-order valence-electron chi connectivity index (χ4n) is 4.01. The van der Waals surface area contributed by atoms with Crippen LogP contribution in [0.1, 0.15) is 38.2 Å². The number of fused-ring (bicyclic) bond motifs is 1. The third-order valence-corrected chi connectivity index (χ3v) is 5.66. The second-order valence-corrected chi connectivity index (χ2v) is 7.70. The van der Waals surface area contributed by atoms with Crippen LogP contribution in [0.25, 0.3) is 10.9 Å². The van der Waals surface area contributed by atoms with E-state index in [0.29, 0.717) is 12.6 Å². The van der Waals surface area contributed by atoms with E-state index in [4.69, 9.17) is 4.99 Å². The number of aromatic nitrogens is 1. The highest BCUT2D eigenvalue weighted by Gasteiger charge is 2.31. The number of benzene rings is 1. The standard InChI is InChI=1S/C21H30FN5.HI/c1-2-23-21(26-17-8-11-27(12-9-17)18-4-5-18)24-10-7-15-14-25-20-6-3-16(22)13-19(15)20;/h3,6,13-14,17-18,25H,2,4-5,7-12H2,1H3,(H2,23,24,26);1H. The number of H-pyrrole nitrogens is 1. The van der Waals surface area contributed by atoms with Crippen molar-refractivity contribution in [3.63, 3.8) is 0 Å². The van der Waals surface area contributed by atoms with Gasteiger partial charge in [-0.25, -0.2) is 4.39 Å². The smallest absolute Gasteiger partial charge is 0.191 e. The molecule has 2 aliphatic rings. The molecule has 0 spiro atoms. The van der Waals surface area contributed by atoms with Gasteiger partial charge in [0.15, 0.2) is 5.96 Å². The predicted molar refractivity (Wildman–Crippen MR) is 124 cm³/mol. The first kappa shape index (κ1) is 21.4. The highest BCUT2D eigenvalue weighted by atomic mass is 127. The molecule has 0 atom stereocenters. The SMILES string of the molecule is CCNC(=NCCc1c[nH]c2ccc(F)cc12)NC1CCN(C2CC2)CC1.I. The van der Waals surface area contributed by atoms with Gasteiger partial charge in [-0.2, -0.15) is 0 Å². The molecule has 0 bridgehead atoms. The molecule has 0 unspecified atom stereocenters. The van der Waals surface area contributed by atoms with Crippen LogP contribution in [0.2, 0.25) is 0 Å². The summed E-state index contributed by atoms with van der Waals surface area (Å²) in [5.74, 6) is 0.702. The molecule has 1 aromatic heterocycles. The van der Waals surface area contributed by atoms with Gasteiger partial charge in [0.05, 0.1) is 0 Å². The fourth-order valence-corrected chi connectivity index (χ4v) is 4.01. The summed E-state index contributed by atoms with van der Waals surface area (Å²) in [7, 11) is 0. The van der Waals surface area contributed by atoms with Gasteiger partial charge in [-0.3, -0.25) is 4.99 Å². The number of nitrogens with one attached hydrogen (secondary N) is 3. The Morgan fingerprint density at radius 2 is 2.04 bits per heavy atom. The van der Waals surface area contributed by atoms with E-state index in [1.165, 1.54) is 44.8 Å². The van der Waals surface area contributed by atoms with E-state index in [2.05, 4.69) is 27.4 Å². The maximum Gasteiger partial charge on any atom is 0.191 e. The first-order valence-corrected chi connectivity index (χ1v) is 10.3. The zero-order valence-electron chi connectivity index (χ0n) is 16.5. The largest absolute Gasteiger partial charge is 0.361 e. The first-order chi connectivity index (χ1) is 13.2. The molecule has 2 heterocycles. The average molecular weight is 499 g/mol. The lowest BCUT2D eigenvalue weighted by molar-refractivity contribution is 0.197. The van der Waals surface area contributed by atoms with Gasteiger partial charge in [-0.15, -0.1) is 24.0 Å². The average Bonchev–Trinajstić information content (AvgIpc) is 3.45. The van der Waals surface area contributed by atoms with Crippen molar-refractivity contribution in [2.75, 3.05) is 26.2 Å². The summed E-state index contributed by atoms with van der Waals surface area (Å²) in [6.07, 6.45) is 7.90. The van der Waals surface area contributed by atoms with Crippen molar-refractivity contribution in [3.05, 3.63) is 35.8 Å². The van der Waals surface area contributed by atoms with Crippen molar-refractivity contribution < 1.29 is 4.39 Å². The number of hydrogen-bond acceptors (Lipinski definition) is 2. The van der Waals surface area contributed by atoms with E-state index in [0.717, 1.165) is 41.4 Å². The molecular weight excluding hydrogens is 468 g/mol. The summed E-state index contributed by atoms with van der Waals surface area (Å²) < 4.78 is 13.5. The summed E-state index contributed by atoms with van der Waals surface area (Å²) in [6.45, 7) is 6.02. The Hall–Kier alpha value is -1.35. The minimum absolute atomic E-state index is 0. The molecule has 28 heavy (non-hydrogen) atoms. The quantitative estimate of drug-likeness (QED) is 0.323. The van der Waals surface area contributed by atoms with Crippen molar-refractivity contribution in [3.8, 4) is 0 Å². The molecule has 4 rings (SSSR count). The molecule has 1 aromatic carbocycles. The minimum atomic E-state index is -0.195. The molecule has 0 radical (unpaired) electrons. The molecule has 154 valence electrons. The lowest BCUT2D eigenvalue weighted by Gasteiger charge is -2.33. The number of likely N-dealkylation sites (tertiary alicyclic amines) is 1. The summed E-state index contributed by atoms with van der Waals surface area (Å²) in [4.78, 5) is 10.6. The number of guanidine groups is 1. The molecular formula is C21H31FIN5. The molecule has 5 nitrogen and oxygen atoms in total. The van der Waals surface area contributed by atoms with Crippen molar-refractivity contribution in [1.82, 2.24) is 20.5 Å². The Morgan fingerprint density at radius 3 is 2.75 bits per heavy atom. The topological polar surface area (TPSA) is 55.5 Å². The molecule has 1 aliphatic carbocycles. The molecule has 1 aliphatic heterocycles. The molecule has 1 saturated heterocycles. The second kappa shape index (κ2) is 9.91. The van der Waals surface area contributed by atoms with Crippen LogP contribution in [-0.4, -0.2) is 54.1 Å². The van der Waals surface area contributed by atoms with Crippen LogP contribution >= 0.6 is 24.0 Å². The molecule has 7 heteroatoms. The summed E-state index contributed by atoms with van der Waals surface area (Å²) in [6, 6.07) is 6.25. The number of piperidine rings is 1. The number of nitrogens with zero attached hydrogens (tertiary/aromatic N) is 2. The number of halogens is 2. The Bertz CT molecular complexity index is 793. The van der Waals surface area contributed by atoms with Gasteiger partial charge in [0, 0.05) is 55.4 Å². The Kier molecular flexibility index (Phi) is 7.56. The van der Waals surface area contributed by atoms with Gasteiger partial charge in [0.2, 0.25) is 0 Å². The van der Waals surface area contributed by atoms with E-state index in [1.807, 2.05) is 6.20 Å². The zero-order valence-corrected chi connectivity index (χ0v) is 18.8. The zero-order chi connectivity index (χ0) is 18.6. The third-order valence-electron chi connectivity index (χ3n) is 5.66. The van der Waals surface area contributed by atoms with Crippen molar-refractivity contribution in [2.24, 2.45) is 4.99 Å².